The van der Waals surface area contributed by atoms with E-state index in [-0.39, 0.29) is 0 Å². The first kappa shape index (κ1) is 15.0. The molecule has 0 aliphatic carbocycles. The van der Waals surface area contributed by atoms with Gasteiger partial charge in [-0.05, 0) is 44.9 Å². The van der Waals surface area contributed by atoms with Gasteiger partial charge in [0.05, 0.1) is 16.2 Å². The topological polar surface area (TPSA) is 43.4 Å². The fraction of sp³-hybridized carbons (Fsp3) is 0.571. The summed E-state index contributed by atoms with van der Waals surface area (Å²) in [6, 6.07) is 6.76. The molecule has 0 aromatic heterocycles. The first-order valence-corrected chi connectivity index (χ1v) is 7.87. The highest BCUT2D eigenvalue weighted by molar-refractivity contribution is 7.92. The SMILES string of the molecule is CCOc1cccc(S(=O)(=O)C(C)(CC)CC)c1. The van der Waals surface area contributed by atoms with Crippen LogP contribution in [0.3, 0.4) is 0 Å². The van der Waals surface area contributed by atoms with E-state index in [2.05, 4.69) is 0 Å². The Kier molecular flexibility index (Phi) is 4.79. The Balaban J connectivity index is 3.24. The summed E-state index contributed by atoms with van der Waals surface area (Å²) in [5.41, 5.74) is 0. The van der Waals surface area contributed by atoms with Gasteiger partial charge in [0.1, 0.15) is 5.75 Å². The second kappa shape index (κ2) is 5.74. The molecule has 0 atom stereocenters. The molecule has 4 heteroatoms. The molecule has 0 saturated carbocycles. The summed E-state index contributed by atoms with van der Waals surface area (Å²) >= 11 is 0. The summed E-state index contributed by atoms with van der Waals surface area (Å²) in [5, 5.41) is 0. The van der Waals surface area contributed by atoms with Gasteiger partial charge in [0.2, 0.25) is 0 Å². The third kappa shape index (κ3) is 2.69. The van der Waals surface area contributed by atoms with Crippen molar-refractivity contribution in [3.05, 3.63) is 24.3 Å². The van der Waals surface area contributed by atoms with E-state index in [0.29, 0.717) is 30.1 Å². The van der Waals surface area contributed by atoms with Crippen LogP contribution in [0.25, 0.3) is 0 Å². The van der Waals surface area contributed by atoms with Crippen LogP contribution in [0.1, 0.15) is 40.5 Å². The molecule has 0 aliphatic heterocycles. The predicted octanol–water partition coefficient (Wildman–Crippen LogP) is 3.44. The molecule has 1 aromatic carbocycles. The van der Waals surface area contributed by atoms with Gasteiger partial charge in [-0.25, -0.2) is 8.42 Å². The molecule has 1 aromatic rings. The molecule has 0 saturated heterocycles. The van der Waals surface area contributed by atoms with Gasteiger partial charge >= 0.3 is 0 Å². The van der Waals surface area contributed by atoms with Crippen molar-refractivity contribution >= 4 is 9.84 Å². The monoisotopic (exact) mass is 270 g/mol. The van der Waals surface area contributed by atoms with Crippen LogP contribution in [0.4, 0.5) is 0 Å². The highest BCUT2D eigenvalue weighted by Crippen LogP contribution is 2.32. The van der Waals surface area contributed by atoms with E-state index >= 15 is 0 Å². The Morgan fingerprint density at radius 1 is 1.17 bits per heavy atom. The number of rotatable bonds is 6. The van der Waals surface area contributed by atoms with Gasteiger partial charge in [-0.3, -0.25) is 0 Å². The molecular weight excluding hydrogens is 248 g/mol. The maximum absolute atomic E-state index is 12.6. The minimum absolute atomic E-state index is 0.347. The van der Waals surface area contributed by atoms with Gasteiger partial charge < -0.3 is 4.74 Å². The van der Waals surface area contributed by atoms with E-state index in [1.54, 1.807) is 31.2 Å². The third-order valence-corrected chi connectivity index (χ3v) is 6.32. The molecule has 18 heavy (non-hydrogen) atoms. The molecule has 3 nitrogen and oxygen atoms in total. The zero-order valence-corrected chi connectivity index (χ0v) is 12.4. The van der Waals surface area contributed by atoms with Crippen molar-refractivity contribution in [1.29, 1.82) is 0 Å². The van der Waals surface area contributed by atoms with Crippen LogP contribution in [0, 0.1) is 0 Å². The highest BCUT2D eigenvalue weighted by Gasteiger charge is 2.37. The van der Waals surface area contributed by atoms with Crippen LogP contribution in [-0.2, 0) is 9.84 Å². The van der Waals surface area contributed by atoms with Crippen molar-refractivity contribution in [2.75, 3.05) is 6.61 Å². The quantitative estimate of drug-likeness (QED) is 0.795. The average Bonchev–Trinajstić information content (AvgIpc) is 2.38. The molecule has 0 radical (unpaired) electrons. The first-order valence-electron chi connectivity index (χ1n) is 6.38. The summed E-state index contributed by atoms with van der Waals surface area (Å²) < 4.78 is 29.9. The lowest BCUT2D eigenvalue weighted by atomic mass is 10.1. The zero-order valence-electron chi connectivity index (χ0n) is 11.6. The fourth-order valence-electron chi connectivity index (χ4n) is 1.81. The minimum atomic E-state index is -3.32. The Morgan fingerprint density at radius 3 is 2.28 bits per heavy atom. The van der Waals surface area contributed by atoms with Crippen LogP contribution in [0.2, 0.25) is 0 Å². The summed E-state index contributed by atoms with van der Waals surface area (Å²) in [5.74, 6) is 0.605. The van der Waals surface area contributed by atoms with Crippen molar-refractivity contribution in [3.63, 3.8) is 0 Å². The average molecular weight is 270 g/mol. The van der Waals surface area contributed by atoms with E-state index in [1.165, 1.54) is 0 Å². The second-order valence-electron chi connectivity index (χ2n) is 4.57. The fourth-order valence-corrected chi connectivity index (χ4v) is 3.67. The van der Waals surface area contributed by atoms with Gasteiger partial charge in [-0.2, -0.15) is 0 Å². The predicted molar refractivity (Wildman–Crippen MR) is 73.8 cm³/mol. The van der Waals surface area contributed by atoms with Gasteiger partial charge in [-0.1, -0.05) is 19.9 Å². The summed E-state index contributed by atoms with van der Waals surface area (Å²) in [4.78, 5) is 0.347. The highest BCUT2D eigenvalue weighted by atomic mass is 32.2. The van der Waals surface area contributed by atoms with E-state index in [1.807, 2.05) is 20.8 Å². The molecule has 0 aliphatic rings. The van der Waals surface area contributed by atoms with E-state index in [0.717, 1.165) is 0 Å². The Labute approximate surface area is 110 Å². The molecule has 0 spiro atoms. The summed E-state index contributed by atoms with van der Waals surface area (Å²) in [6.07, 6.45) is 1.20. The maximum atomic E-state index is 12.6. The Hall–Kier alpha value is -1.03. The maximum Gasteiger partial charge on any atom is 0.183 e. The first-order chi connectivity index (χ1) is 8.41. The lowest BCUT2D eigenvalue weighted by molar-refractivity contribution is 0.339. The lowest BCUT2D eigenvalue weighted by Crippen LogP contribution is -2.33. The van der Waals surface area contributed by atoms with E-state index in [9.17, 15) is 8.42 Å². The normalized spacial score (nSPS) is 12.4. The van der Waals surface area contributed by atoms with E-state index < -0.39 is 14.6 Å². The van der Waals surface area contributed by atoms with Crippen molar-refractivity contribution in [2.45, 2.75) is 50.2 Å². The molecule has 0 heterocycles. The molecule has 1 rings (SSSR count). The molecule has 0 N–H and O–H groups in total. The lowest BCUT2D eigenvalue weighted by Gasteiger charge is -2.26. The molecular formula is C14H22O3S. The van der Waals surface area contributed by atoms with Gasteiger partial charge in [0.25, 0.3) is 0 Å². The molecule has 0 unspecified atom stereocenters. The third-order valence-electron chi connectivity index (χ3n) is 3.57. The molecule has 0 bridgehead atoms. The summed E-state index contributed by atoms with van der Waals surface area (Å²) in [6.45, 7) is 8.03. The van der Waals surface area contributed by atoms with Crippen molar-refractivity contribution in [3.8, 4) is 5.75 Å². The number of benzene rings is 1. The van der Waals surface area contributed by atoms with Gasteiger partial charge in [-0.15, -0.1) is 0 Å². The largest absolute Gasteiger partial charge is 0.494 e. The second-order valence-corrected chi connectivity index (χ2v) is 7.03. The molecule has 0 amide bonds. The number of ether oxygens (including phenoxy) is 1. The number of hydrogen-bond donors (Lipinski definition) is 0. The van der Waals surface area contributed by atoms with Crippen molar-refractivity contribution < 1.29 is 13.2 Å². The van der Waals surface area contributed by atoms with Crippen LogP contribution >= 0.6 is 0 Å². The van der Waals surface area contributed by atoms with E-state index in [4.69, 9.17) is 4.74 Å². The zero-order chi connectivity index (χ0) is 13.8. The number of sulfone groups is 1. The van der Waals surface area contributed by atoms with Gasteiger partial charge in [0, 0.05) is 0 Å². The molecule has 0 fully saturated rings. The smallest absolute Gasteiger partial charge is 0.183 e. The van der Waals surface area contributed by atoms with Crippen molar-refractivity contribution in [2.24, 2.45) is 0 Å². The molecule has 102 valence electrons. The van der Waals surface area contributed by atoms with Gasteiger partial charge in [0.15, 0.2) is 9.84 Å². The Bertz CT molecular complexity index is 488. The summed E-state index contributed by atoms with van der Waals surface area (Å²) in [7, 11) is -3.32. The standard InChI is InChI=1S/C14H22O3S/c1-5-14(4,6-2)18(15,16)13-10-8-9-12(11-13)17-7-3/h8-11H,5-7H2,1-4H3. The number of hydrogen-bond acceptors (Lipinski definition) is 3. The van der Waals surface area contributed by atoms with Crippen LogP contribution in [0.5, 0.6) is 5.75 Å². The van der Waals surface area contributed by atoms with Crippen LogP contribution < -0.4 is 4.74 Å². The van der Waals surface area contributed by atoms with Crippen LogP contribution in [-0.4, -0.2) is 19.8 Å². The van der Waals surface area contributed by atoms with Crippen molar-refractivity contribution in [1.82, 2.24) is 0 Å². The van der Waals surface area contributed by atoms with Crippen LogP contribution in [0.15, 0.2) is 29.2 Å². The minimum Gasteiger partial charge on any atom is -0.494 e. The Morgan fingerprint density at radius 2 is 1.78 bits per heavy atom.